The number of aryl methyl sites for hydroxylation is 1. The van der Waals surface area contributed by atoms with Crippen molar-refractivity contribution in [3.8, 4) is 0 Å². The normalized spacial score (nSPS) is 10.3. The van der Waals surface area contributed by atoms with Crippen molar-refractivity contribution < 1.29 is 23.1 Å². The summed E-state index contributed by atoms with van der Waals surface area (Å²) in [6, 6.07) is 6.63. The van der Waals surface area contributed by atoms with Crippen molar-refractivity contribution >= 4 is 28.9 Å². The van der Waals surface area contributed by atoms with Gasteiger partial charge in [-0.15, -0.1) is 11.3 Å². The van der Waals surface area contributed by atoms with Gasteiger partial charge in [0, 0.05) is 17.4 Å². The van der Waals surface area contributed by atoms with E-state index < -0.39 is 30.1 Å². The van der Waals surface area contributed by atoms with E-state index in [4.69, 9.17) is 4.74 Å². The number of carbonyl (C=O) groups is 2. The third kappa shape index (κ3) is 5.78. The van der Waals surface area contributed by atoms with Gasteiger partial charge in [0.05, 0.1) is 5.69 Å². The quantitative estimate of drug-likeness (QED) is 0.785. The number of amides is 1. The van der Waals surface area contributed by atoms with E-state index in [9.17, 15) is 18.4 Å². The molecule has 0 aliphatic heterocycles. The van der Waals surface area contributed by atoms with Crippen LogP contribution in [0.4, 0.5) is 14.5 Å². The fourth-order valence-corrected chi connectivity index (χ4v) is 2.61. The number of benzene rings is 1. The molecule has 23 heavy (non-hydrogen) atoms. The summed E-state index contributed by atoms with van der Waals surface area (Å²) in [5.74, 6) is -2.66. The summed E-state index contributed by atoms with van der Waals surface area (Å²) >= 11 is 1.61. The molecule has 1 N–H and O–H groups in total. The fraction of sp³-hybridized carbons (Fsp3) is 0.250. The monoisotopic (exact) mass is 339 g/mol. The third-order valence-electron chi connectivity index (χ3n) is 2.95. The Hall–Kier alpha value is -2.28. The molecule has 0 radical (unpaired) electrons. The maximum atomic E-state index is 13.3. The average Bonchev–Trinajstić information content (AvgIpc) is 3.02. The highest BCUT2D eigenvalue weighted by Crippen LogP contribution is 2.15. The highest BCUT2D eigenvalue weighted by Gasteiger charge is 2.11. The first kappa shape index (κ1) is 17.1. The van der Waals surface area contributed by atoms with E-state index in [0.29, 0.717) is 6.42 Å². The molecule has 2 rings (SSSR count). The lowest BCUT2D eigenvalue weighted by molar-refractivity contribution is -0.147. The number of anilines is 1. The number of thiophene rings is 1. The predicted molar refractivity (Wildman–Crippen MR) is 83.2 cm³/mol. The Labute approximate surface area is 136 Å². The van der Waals surface area contributed by atoms with Crippen molar-refractivity contribution in [2.45, 2.75) is 19.3 Å². The molecule has 0 aliphatic rings. The fourth-order valence-electron chi connectivity index (χ4n) is 1.86. The standard InChI is InChI=1S/C16H15F2NO3S/c17-11-6-7-13(18)14(9-11)19-15(20)10-22-16(21)5-1-3-12-4-2-8-23-12/h2,4,6-9H,1,3,5,10H2,(H,19,20). The molecule has 0 saturated carbocycles. The van der Waals surface area contributed by atoms with Crippen LogP contribution in [0, 0.1) is 11.6 Å². The molecule has 0 unspecified atom stereocenters. The second kappa shape index (κ2) is 8.38. The topological polar surface area (TPSA) is 55.4 Å². The Morgan fingerprint density at radius 3 is 2.78 bits per heavy atom. The molecular formula is C16H15F2NO3S. The van der Waals surface area contributed by atoms with Crippen LogP contribution in [0.15, 0.2) is 35.7 Å². The van der Waals surface area contributed by atoms with Crippen LogP contribution in [-0.4, -0.2) is 18.5 Å². The average molecular weight is 339 g/mol. The molecular weight excluding hydrogens is 324 g/mol. The van der Waals surface area contributed by atoms with Gasteiger partial charge in [0.1, 0.15) is 11.6 Å². The molecule has 7 heteroatoms. The van der Waals surface area contributed by atoms with Crippen LogP contribution in [0.25, 0.3) is 0 Å². The maximum Gasteiger partial charge on any atom is 0.306 e. The summed E-state index contributed by atoms with van der Waals surface area (Å²) in [5.41, 5.74) is -0.288. The molecule has 0 spiro atoms. The van der Waals surface area contributed by atoms with E-state index in [1.54, 1.807) is 11.3 Å². The summed E-state index contributed by atoms with van der Waals surface area (Å²) in [6.07, 6.45) is 1.59. The Morgan fingerprint density at radius 1 is 1.22 bits per heavy atom. The number of halogens is 2. The maximum absolute atomic E-state index is 13.3. The molecule has 1 aromatic carbocycles. The lowest BCUT2D eigenvalue weighted by atomic mass is 10.2. The van der Waals surface area contributed by atoms with E-state index in [1.165, 1.54) is 4.88 Å². The summed E-state index contributed by atoms with van der Waals surface area (Å²) in [6.45, 7) is -0.534. The highest BCUT2D eigenvalue weighted by atomic mass is 32.1. The minimum atomic E-state index is -0.762. The zero-order valence-electron chi connectivity index (χ0n) is 12.2. The van der Waals surface area contributed by atoms with Gasteiger partial charge in [0.15, 0.2) is 6.61 Å². The van der Waals surface area contributed by atoms with Crippen molar-refractivity contribution in [1.29, 1.82) is 0 Å². The van der Waals surface area contributed by atoms with Crippen molar-refractivity contribution in [3.05, 3.63) is 52.2 Å². The number of esters is 1. The lowest BCUT2D eigenvalue weighted by Gasteiger charge is -2.07. The van der Waals surface area contributed by atoms with Crippen molar-refractivity contribution in [2.75, 3.05) is 11.9 Å². The van der Waals surface area contributed by atoms with Gasteiger partial charge >= 0.3 is 5.97 Å². The smallest absolute Gasteiger partial charge is 0.306 e. The van der Waals surface area contributed by atoms with Gasteiger partial charge in [-0.3, -0.25) is 9.59 Å². The van der Waals surface area contributed by atoms with Gasteiger partial charge in [0.25, 0.3) is 5.91 Å². The van der Waals surface area contributed by atoms with Gasteiger partial charge < -0.3 is 10.1 Å². The minimum absolute atomic E-state index is 0.194. The molecule has 0 saturated heterocycles. The van der Waals surface area contributed by atoms with E-state index >= 15 is 0 Å². The predicted octanol–water partition coefficient (Wildman–Crippen LogP) is 3.53. The summed E-state index contributed by atoms with van der Waals surface area (Å²) in [4.78, 5) is 24.3. The Bertz CT molecular complexity index is 674. The van der Waals surface area contributed by atoms with Crippen LogP contribution in [0.5, 0.6) is 0 Å². The van der Waals surface area contributed by atoms with Crippen molar-refractivity contribution in [3.63, 3.8) is 0 Å². The van der Waals surface area contributed by atoms with Crippen LogP contribution in [-0.2, 0) is 20.7 Å². The number of hydrogen-bond acceptors (Lipinski definition) is 4. The number of nitrogens with one attached hydrogen (secondary N) is 1. The van der Waals surface area contributed by atoms with Gasteiger partial charge in [-0.05, 0) is 36.4 Å². The van der Waals surface area contributed by atoms with Gasteiger partial charge in [0.2, 0.25) is 0 Å². The second-order valence-corrected chi connectivity index (χ2v) is 5.80. The van der Waals surface area contributed by atoms with Gasteiger partial charge in [-0.2, -0.15) is 0 Å². The summed E-state index contributed by atoms with van der Waals surface area (Å²) in [7, 11) is 0. The van der Waals surface area contributed by atoms with E-state index in [2.05, 4.69) is 5.32 Å². The molecule has 122 valence electrons. The zero-order valence-corrected chi connectivity index (χ0v) is 13.0. The molecule has 0 atom stereocenters. The Morgan fingerprint density at radius 2 is 2.04 bits per heavy atom. The van der Waals surface area contributed by atoms with E-state index in [0.717, 1.165) is 24.6 Å². The van der Waals surface area contributed by atoms with Crippen LogP contribution in [0.1, 0.15) is 17.7 Å². The van der Waals surface area contributed by atoms with Crippen LogP contribution >= 0.6 is 11.3 Å². The van der Waals surface area contributed by atoms with Crippen LogP contribution in [0.2, 0.25) is 0 Å². The first-order valence-corrected chi connectivity index (χ1v) is 7.85. The van der Waals surface area contributed by atoms with Crippen molar-refractivity contribution in [2.24, 2.45) is 0 Å². The first-order valence-electron chi connectivity index (χ1n) is 6.97. The van der Waals surface area contributed by atoms with Gasteiger partial charge in [-0.1, -0.05) is 6.07 Å². The molecule has 1 heterocycles. The van der Waals surface area contributed by atoms with E-state index in [-0.39, 0.29) is 12.1 Å². The molecule has 1 amide bonds. The molecule has 0 fully saturated rings. The lowest BCUT2D eigenvalue weighted by Crippen LogP contribution is -2.21. The molecule has 0 aliphatic carbocycles. The largest absolute Gasteiger partial charge is 0.456 e. The molecule has 4 nitrogen and oxygen atoms in total. The Kier molecular flexibility index (Phi) is 6.22. The zero-order chi connectivity index (χ0) is 16.7. The number of rotatable bonds is 7. The Balaban J connectivity index is 1.69. The first-order chi connectivity index (χ1) is 11.0. The summed E-state index contributed by atoms with van der Waals surface area (Å²) in [5, 5.41) is 4.12. The highest BCUT2D eigenvalue weighted by molar-refractivity contribution is 7.09. The van der Waals surface area contributed by atoms with Crippen LogP contribution < -0.4 is 5.32 Å². The molecule has 0 bridgehead atoms. The van der Waals surface area contributed by atoms with Crippen LogP contribution in [0.3, 0.4) is 0 Å². The molecule has 1 aromatic heterocycles. The number of carbonyl (C=O) groups excluding carboxylic acids is 2. The number of hydrogen-bond donors (Lipinski definition) is 1. The van der Waals surface area contributed by atoms with E-state index in [1.807, 2.05) is 17.5 Å². The molecule has 2 aromatic rings. The number of ether oxygens (including phenoxy) is 1. The van der Waals surface area contributed by atoms with Crippen molar-refractivity contribution in [1.82, 2.24) is 0 Å². The SMILES string of the molecule is O=C(COC(=O)CCCc1cccs1)Nc1cc(F)ccc1F. The summed E-state index contributed by atoms with van der Waals surface area (Å²) < 4.78 is 31.1. The van der Waals surface area contributed by atoms with Gasteiger partial charge in [-0.25, -0.2) is 8.78 Å². The minimum Gasteiger partial charge on any atom is -0.456 e. The third-order valence-corrected chi connectivity index (χ3v) is 3.89. The second-order valence-electron chi connectivity index (χ2n) is 4.77.